The van der Waals surface area contributed by atoms with Gasteiger partial charge >= 0.3 is 0 Å². The van der Waals surface area contributed by atoms with Crippen molar-refractivity contribution in [2.45, 2.75) is 32.7 Å². The molecule has 0 heterocycles. The van der Waals surface area contributed by atoms with Gasteiger partial charge in [-0.25, -0.2) is 13.1 Å². The first-order valence-electron chi connectivity index (χ1n) is 5.05. The Bertz CT molecular complexity index is 359. The summed E-state index contributed by atoms with van der Waals surface area (Å²) in [6.45, 7) is 3.84. The second-order valence-electron chi connectivity index (χ2n) is 3.44. The highest BCUT2D eigenvalue weighted by molar-refractivity contribution is 7.89. The van der Waals surface area contributed by atoms with Gasteiger partial charge in [-0.15, -0.1) is 0 Å². The maximum atomic E-state index is 11.2. The Hall–Kier alpha value is -1.13. The van der Waals surface area contributed by atoms with E-state index in [-0.39, 0.29) is 24.9 Å². The van der Waals surface area contributed by atoms with Crippen molar-refractivity contribution in [1.29, 1.82) is 5.26 Å². The van der Waals surface area contributed by atoms with Gasteiger partial charge in [0.15, 0.2) is 5.75 Å². The van der Waals surface area contributed by atoms with Gasteiger partial charge in [-0.1, -0.05) is 6.92 Å². The molecule has 0 aliphatic rings. The summed E-state index contributed by atoms with van der Waals surface area (Å²) in [5, 5.41) is 10.9. The Balaban J connectivity index is 3.83. The van der Waals surface area contributed by atoms with Gasteiger partial charge in [0.2, 0.25) is 15.9 Å². The molecule has 0 aromatic carbocycles. The number of hydrogen-bond acceptors (Lipinski definition) is 4. The summed E-state index contributed by atoms with van der Waals surface area (Å²) in [6, 6.07) is 1.62. The number of hydrogen-bond donors (Lipinski definition) is 2. The van der Waals surface area contributed by atoms with E-state index in [0.717, 1.165) is 6.42 Å². The van der Waals surface area contributed by atoms with E-state index in [1.807, 2.05) is 13.8 Å². The molecule has 0 aromatic rings. The first-order chi connectivity index (χ1) is 7.41. The van der Waals surface area contributed by atoms with E-state index in [0.29, 0.717) is 0 Å². The first kappa shape index (κ1) is 14.9. The average molecular weight is 247 g/mol. The molecule has 92 valence electrons. The minimum absolute atomic E-state index is 0.0201. The zero-order chi connectivity index (χ0) is 12.6. The van der Waals surface area contributed by atoms with Crippen LogP contribution in [0.3, 0.4) is 0 Å². The van der Waals surface area contributed by atoms with E-state index in [1.54, 1.807) is 0 Å². The molecule has 2 N–H and O–H groups in total. The van der Waals surface area contributed by atoms with Crippen molar-refractivity contribution in [3.05, 3.63) is 0 Å². The lowest BCUT2D eigenvalue weighted by atomic mass is 10.2. The smallest absolute Gasteiger partial charge is 0.225 e. The fraction of sp³-hybridized carbons (Fsp3) is 0.778. The molecule has 0 saturated carbocycles. The maximum Gasteiger partial charge on any atom is 0.225 e. The van der Waals surface area contributed by atoms with Crippen LogP contribution in [0.5, 0.6) is 0 Å². The first-order valence-corrected chi connectivity index (χ1v) is 6.70. The summed E-state index contributed by atoms with van der Waals surface area (Å²) in [5.41, 5.74) is 0. The predicted molar refractivity (Wildman–Crippen MR) is 59.9 cm³/mol. The molecule has 0 aliphatic heterocycles. The molecule has 0 bridgehead atoms. The predicted octanol–water partition coefficient (Wildman–Crippen LogP) is -0.266. The highest BCUT2D eigenvalue weighted by Gasteiger charge is 2.10. The molecule has 0 fully saturated rings. The summed E-state index contributed by atoms with van der Waals surface area (Å²) < 4.78 is 24.2. The van der Waals surface area contributed by atoms with Gasteiger partial charge in [-0.05, 0) is 13.3 Å². The molecule has 1 atom stereocenters. The molecule has 1 unspecified atom stereocenters. The second kappa shape index (κ2) is 7.19. The fourth-order valence-corrected chi connectivity index (χ4v) is 1.59. The fourth-order valence-electron chi connectivity index (χ4n) is 0.905. The standard InChI is InChI=1S/C9H17N3O3S/c1-3-8(2)12-9(13)4-6-11-16(14,15)7-5-10/h8,11H,3-4,6-7H2,1-2H3,(H,12,13). The monoisotopic (exact) mass is 247 g/mol. The van der Waals surface area contributed by atoms with Gasteiger partial charge in [0.1, 0.15) is 0 Å². The molecular weight excluding hydrogens is 230 g/mol. The molecule has 1 amide bonds. The lowest BCUT2D eigenvalue weighted by molar-refractivity contribution is -0.121. The van der Waals surface area contributed by atoms with E-state index < -0.39 is 15.8 Å². The molecular formula is C9H17N3O3S. The van der Waals surface area contributed by atoms with Crippen molar-refractivity contribution in [2.75, 3.05) is 12.3 Å². The Morgan fingerprint density at radius 1 is 1.50 bits per heavy atom. The summed E-state index contributed by atoms with van der Waals surface area (Å²) in [4.78, 5) is 11.2. The molecule has 16 heavy (non-hydrogen) atoms. The summed E-state index contributed by atoms with van der Waals surface area (Å²) in [6.07, 6.45) is 0.904. The van der Waals surface area contributed by atoms with Crippen LogP contribution in [0.25, 0.3) is 0 Å². The Labute approximate surface area is 96.1 Å². The van der Waals surface area contributed by atoms with Gasteiger partial charge in [0.05, 0.1) is 6.07 Å². The number of rotatable bonds is 7. The molecule has 7 heteroatoms. The topological polar surface area (TPSA) is 99.1 Å². The number of carbonyl (C=O) groups excluding carboxylic acids is 1. The Kier molecular flexibility index (Phi) is 6.69. The van der Waals surface area contributed by atoms with E-state index in [4.69, 9.17) is 5.26 Å². The van der Waals surface area contributed by atoms with Crippen LogP contribution in [0.2, 0.25) is 0 Å². The zero-order valence-corrected chi connectivity index (χ0v) is 10.3. The number of nitrogens with zero attached hydrogens (tertiary/aromatic N) is 1. The third-order valence-electron chi connectivity index (χ3n) is 1.95. The van der Waals surface area contributed by atoms with Crippen LogP contribution in [-0.4, -0.2) is 32.7 Å². The summed E-state index contributed by atoms with van der Waals surface area (Å²) >= 11 is 0. The molecule has 0 saturated heterocycles. The van der Waals surface area contributed by atoms with Crippen LogP contribution in [0.15, 0.2) is 0 Å². The normalized spacial score (nSPS) is 12.8. The zero-order valence-electron chi connectivity index (χ0n) is 9.49. The number of nitrogens with one attached hydrogen (secondary N) is 2. The summed E-state index contributed by atoms with van der Waals surface area (Å²) in [7, 11) is -3.55. The van der Waals surface area contributed by atoms with Crippen molar-refractivity contribution in [1.82, 2.24) is 10.0 Å². The van der Waals surface area contributed by atoms with Crippen LogP contribution < -0.4 is 10.0 Å². The molecule has 0 rings (SSSR count). The molecule has 6 nitrogen and oxygen atoms in total. The highest BCUT2D eigenvalue weighted by Crippen LogP contribution is 1.90. The lowest BCUT2D eigenvalue weighted by Crippen LogP contribution is -2.35. The molecule has 0 spiro atoms. The minimum Gasteiger partial charge on any atom is -0.354 e. The van der Waals surface area contributed by atoms with E-state index in [2.05, 4.69) is 10.0 Å². The Morgan fingerprint density at radius 3 is 2.62 bits per heavy atom. The molecule has 0 aliphatic carbocycles. The molecule has 0 radical (unpaired) electrons. The third kappa shape index (κ3) is 7.20. The van der Waals surface area contributed by atoms with Gasteiger partial charge in [-0.2, -0.15) is 5.26 Å². The van der Waals surface area contributed by atoms with Crippen molar-refractivity contribution < 1.29 is 13.2 Å². The largest absolute Gasteiger partial charge is 0.354 e. The van der Waals surface area contributed by atoms with Gasteiger partial charge in [0.25, 0.3) is 0 Å². The van der Waals surface area contributed by atoms with Crippen LogP contribution in [0, 0.1) is 11.3 Å². The van der Waals surface area contributed by atoms with Crippen LogP contribution in [0.1, 0.15) is 26.7 Å². The average Bonchev–Trinajstić information content (AvgIpc) is 2.16. The van der Waals surface area contributed by atoms with E-state index >= 15 is 0 Å². The third-order valence-corrected chi connectivity index (χ3v) is 3.10. The van der Waals surface area contributed by atoms with Crippen LogP contribution in [-0.2, 0) is 14.8 Å². The van der Waals surface area contributed by atoms with Crippen LogP contribution in [0.4, 0.5) is 0 Å². The van der Waals surface area contributed by atoms with Crippen molar-refractivity contribution in [3.8, 4) is 6.07 Å². The van der Waals surface area contributed by atoms with Crippen molar-refractivity contribution in [3.63, 3.8) is 0 Å². The van der Waals surface area contributed by atoms with Gasteiger partial charge < -0.3 is 5.32 Å². The Morgan fingerprint density at radius 2 is 2.12 bits per heavy atom. The summed E-state index contributed by atoms with van der Waals surface area (Å²) in [5.74, 6) is -0.783. The molecule has 0 aromatic heterocycles. The minimum atomic E-state index is -3.55. The maximum absolute atomic E-state index is 11.2. The second-order valence-corrected chi connectivity index (χ2v) is 5.25. The van der Waals surface area contributed by atoms with E-state index in [1.165, 1.54) is 6.07 Å². The van der Waals surface area contributed by atoms with E-state index in [9.17, 15) is 13.2 Å². The van der Waals surface area contributed by atoms with Crippen molar-refractivity contribution in [2.24, 2.45) is 0 Å². The number of sulfonamides is 1. The van der Waals surface area contributed by atoms with Gasteiger partial charge in [-0.3, -0.25) is 4.79 Å². The quantitative estimate of drug-likeness (QED) is 0.647. The SMILES string of the molecule is CCC(C)NC(=O)CCNS(=O)(=O)CC#N. The number of nitriles is 1. The van der Waals surface area contributed by atoms with Crippen LogP contribution >= 0.6 is 0 Å². The highest BCUT2D eigenvalue weighted by atomic mass is 32.2. The van der Waals surface area contributed by atoms with Crippen molar-refractivity contribution >= 4 is 15.9 Å². The lowest BCUT2D eigenvalue weighted by Gasteiger charge is -2.11. The number of amides is 1. The van der Waals surface area contributed by atoms with Gasteiger partial charge in [0, 0.05) is 19.0 Å². The number of carbonyl (C=O) groups is 1.